The molecule has 0 aliphatic rings. The van der Waals surface area contributed by atoms with Gasteiger partial charge in [-0.1, -0.05) is 6.07 Å². The van der Waals surface area contributed by atoms with Gasteiger partial charge in [-0.25, -0.2) is 0 Å². The molecule has 4 nitrogen and oxygen atoms in total. The van der Waals surface area contributed by atoms with E-state index >= 15 is 0 Å². The summed E-state index contributed by atoms with van der Waals surface area (Å²) in [6.45, 7) is 0. The van der Waals surface area contributed by atoms with Crippen LogP contribution in [0, 0.1) is 0 Å². The molecular formula is C12H10N4. The maximum atomic E-state index is 5.77. The molecule has 3 rings (SSSR count). The molecule has 0 bridgehead atoms. The summed E-state index contributed by atoms with van der Waals surface area (Å²) >= 11 is 0. The summed E-state index contributed by atoms with van der Waals surface area (Å²) in [5.74, 6) is 0.533. The molecule has 1 aromatic carbocycles. The first kappa shape index (κ1) is 8.91. The van der Waals surface area contributed by atoms with Crippen LogP contribution in [0.25, 0.3) is 22.0 Å². The minimum atomic E-state index is 0.533. The highest BCUT2D eigenvalue weighted by Gasteiger charge is 2.04. The summed E-state index contributed by atoms with van der Waals surface area (Å²) in [7, 11) is 0. The van der Waals surface area contributed by atoms with Crippen LogP contribution in [0.4, 0.5) is 5.82 Å². The van der Waals surface area contributed by atoms with Crippen LogP contribution in [-0.4, -0.2) is 15.2 Å². The third kappa shape index (κ3) is 1.32. The van der Waals surface area contributed by atoms with Crippen molar-refractivity contribution >= 4 is 16.7 Å². The SMILES string of the molecule is Nc1n[nH]c2ccc(-c3ccncc3)cc12. The standard InChI is InChI=1S/C12H10N4/c13-12-10-7-9(1-2-11(10)15-16-12)8-3-5-14-6-4-8/h1-7H,(H3,13,15,16). The van der Waals surface area contributed by atoms with E-state index in [0.29, 0.717) is 5.82 Å². The predicted octanol–water partition coefficient (Wildman–Crippen LogP) is 2.21. The molecule has 16 heavy (non-hydrogen) atoms. The number of hydrogen-bond donors (Lipinski definition) is 2. The molecule has 0 saturated heterocycles. The fourth-order valence-corrected chi connectivity index (χ4v) is 1.76. The number of H-pyrrole nitrogens is 1. The Morgan fingerprint density at radius 3 is 2.62 bits per heavy atom. The second kappa shape index (κ2) is 3.34. The number of nitrogen functional groups attached to an aromatic ring is 1. The number of nitrogens with one attached hydrogen (secondary N) is 1. The van der Waals surface area contributed by atoms with E-state index in [2.05, 4.69) is 15.2 Å². The van der Waals surface area contributed by atoms with Crippen LogP contribution in [0.2, 0.25) is 0 Å². The van der Waals surface area contributed by atoms with E-state index in [1.807, 2.05) is 30.3 Å². The molecule has 2 heterocycles. The lowest BCUT2D eigenvalue weighted by Gasteiger charge is -2.00. The lowest BCUT2D eigenvalue weighted by atomic mass is 10.1. The number of nitrogens with two attached hydrogens (primary N) is 1. The lowest BCUT2D eigenvalue weighted by molar-refractivity contribution is 1.13. The molecule has 4 heteroatoms. The molecule has 3 N–H and O–H groups in total. The number of anilines is 1. The molecule has 3 aromatic rings. The number of pyridine rings is 1. The van der Waals surface area contributed by atoms with Gasteiger partial charge in [-0.2, -0.15) is 5.10 Å². The van der Waals surface area contributed by atoms with Crippen molar-refractivity contribution < 1.29 is 0 Å². The van der Waals surface area contributed by atoms with Crippen molar-refractivity contribution in [2.24, 2.45) is 0 Å². The first-order chi connectivity index (χ1) is 7.84. The maximum absolute atomic E-state index is 5.77. The largest absolute Gasteiger partial charge is 0.382 e. The monoisotopic (exact) mass is 210 g/mol. The normalized spacial score (nSPS) is 10.8. The third-order valence-corrected chi connectivity index (χ3v) is 2.61. The highest BCUT2D eigenvalue weighted by molar-refractivity contribution is 5.92. The van der Waals surface area contributed by atoms with Gasteiger partial charge in [0.05, 0.1) is 5.52 Å². The van der Waals surface area contributed by atoms with Crippen molar-refractivity contribution in [1.82, 2.24) is 15.2 Å². The zero-order valence-electron chi connectivity index (χ0n) is 8.51. The fourth-order valence-electron chi connectivity index (χ4n) is 1.76. The second-order valence-corrected chi connectivity index (χ2v) is 3.61. The average Bonchev–Trinajstić information content (AvgIpc) is 2.72. The van der Waals surface area contributed by atoms with E-state index in [0.717, 1.165) is 22.0 Å². The quantitative estimate of drug-likeness (QED) is 0.647. The summed E-state index contributed by atoms with van der Waals surface area (Å²) in [5.41, 5.74) is 8.96. The minimum Gasteiger partial charge on any atom is -0.382 e. The zero-order valence-corrected chi connectivity index (χ0v) is 8.51. The molecule has 0 aliphatic carbocycles. The Morgan fingerprint density at radius 1 is 1.00 bits per heavy atom. The molecule has 0 fully saturated rings. The molecule has 0 radical (unpaired) electrons. The number of rotatable bonds is 1. The van der Waals surface area contributed by atoms with Crippen LogP contribution >= 0.6 is 0 Å². The predicted molar refractivity (Wildman–Crippen MR) is 63.7 cm³/mol. The van der Waals surface area contributed by atoms with E-state index in [4.69, 9.17) is 5.73 Å². The maximum Gasteiger partial charge on any atom is 0.153 e. The Hall–Kier alpha value is -2.36. The van der Waals surface area contributed by atoms with E-state index in [9.17, 15) is 0 Å². The summed E-state index contributed by atoms with van der Waals surface area (Å²) in [6, 6.07) is 9.99. The van der Waals surface area contributed by atoms with Crippen LogP contribution in [0.1, 0.15) is 0 Å². The van der Waals surface area contributed by atoms with Gasteiger partial charge in [0.15, 0.2) is 5.82 Å². The van der Waals surface area contributed by atoms with Crippen LogP contribution in [0.15, 0.2) is 42.7 Å². The molecule has 0 spiro atoms. The Kier molecular flexibility index (Phi) is 1.86. The van der Waals surface area contributed by atoms with Gasteiger partial charge in [-0.3, -0.25) is 10.1 Å². The van der Waals surface area contributed by atoms with Gasteiger partial charge < -0.3 is 5.73 Å². The van der Waals surface area contributed by atoms with Gasteiger partial charge >= 0.3 is 0 Å². The van der Waals surface area contributed by atoms with Gasteiger partial charge in [-0.15, -0.1) is 0 Å². The lowest BCUT2D eigenvalue weighted by Crippen LogP contribution is -1.84. The first-order valence-electron chi connectivity index (χ1n) is 4.98. The smallest absolute Gasteiger partial charge is 0.153 e. The van der Waals surface area contributed by atoms with Gasteiger partial charge in [0.25, 0.3) is 0 Å². The van der Waals surface area contributed by atoms with Crippen LogP contribution in [0.5, 0.6) is 0 Å². The summed E-state index contributed by atoms with van der Waals surface area (Å²) < 4.78 is 0. The van der Waals surface area contributed by atoms with Crippen molar-refractivity contribution in [3.05, 3.63) is 42.7 Å². The van der Waals surface area contributed by atoms with Crippen LogP contribution < -0.4 is 5.73 Å². The highest BCUT2D eigenvalue weighted by Crippen LogP contribution is 2.25. The fraction of sp³-hybridized carbons (Fsp3) is 0. The molecule has 0 amide bonds. The summed E-state index contributed by atoms with van der Waals surface area (Å²) in [4.78, 5) is 4.00. The molecule has 2 aromatic heterocycles. The second-order valence-electron chi connectivity index (χ2n) is 3.61. The number of aromatic nitrogens is 3. The van der Waals surface area contributed by atoms with E-state index < -0.39 is 0 Å². The van der Waals surface area contributed by atoms with Crippen molar-refractivity contribution in [1.29, 1.82) is 0 Å². The highest BCUT2D eigenvalue weighted by atomic mass is 15.1. The summed E-state index contributed by atoms with van der Waals surface area (Å²) in [5, 5.41) is 7.80. The number of benzene rings is 1. The molecular weight excluding hydrogens is 200 g/mol. The third-order valence-electron chi connectivity index (χ3n) is 2.61. The minimum absolute atomic E-state index is 0.533. The van der Waals surface area contributed by atoms with Crippen LogP contribution in [-0.2, 0) is 0 Å². The van der Waals surface area contributed by atoms with Crippen molar-refractivity contribution in [3.63, 3.8) is 0 Å². The van der Waals surface area contributed by atoms with Crippen molar-refractivity contribution in [3.8, 4) is 11.1 Å². The van der Waals surface area contributed by atoms with Crippen molar-refractivity contribution in [2.75, 3.05) is 5.73 Å². The summed E-state index contributed by atoms with van der Waals surface area (Å²) in [6.07, 6.45) is 3.55. The van der Waals surface area contributed by atoms with E-state index in [-0.39, 0.29) is 0 Å². The molecule has 0 atom stereocenters. The number of aromatic amines is 1. The molecule has 78 valence electrons. The number of hydrogen-bond acceptors (Lipinski definition) is 3. The topological polar surface area (TPSA) is 67.6 Å². The van der Waals surface area contributed by atoms with Gasteiger partial charge in [-0.05, 0) is 35.4 Å². The van der Waals surface area contributed by atoms with Gasteiger partial charge in [0.1, 0.15) is 0 Å². The molecule has 0 unspecified atom stereocenters. The Morgan fingerprint density at radius 2 is 1.81 bits per heavy atom. The van der Waals surface area contributed by atoms with Crippen molar-refractivity contribution in [2.45, 2.75) is 0 Å². The Labute approximate surface area is 92.1 Å². The first-order valence-corrected chi connectivity index (χ1v) is 4.98. The zero-order chi connectivity index (χ0) is 11.0. The number of fused-ring (bicyclic) bond motifs is 1. The Balaban J connectivity index is 2.22. The number of nitrogens with zero attached hydrogens (tertiary/aromatic N) is 2. The van der Waals surface area contributed by atoms with Gasteiger partial charge in [0.2, 0.25) is 0 Å². The molecule has 0 aliphatic heterocycles. The van der Waals surface area contributed by atoms with E-state index in [1.54, 1.807) is 12.4 Å². The van der Waals surface area contributed by atoms with Crippen LogP contribution in [0.3, 0.4) is 0 Å². The Bertz CT molecular complexity index is 628. The molecule has 0 saturated carbocycles. The van der Waals surface area contributed by atoms with Gasteiger partial charge in [0, 0.05) is 17.8 Å². The van der Waals surface area contributed by atoms with E-state index in [1.165, 1.54) is 0 Å². The average molecular weight is 210 g/mol.